The van der Waals surface area contributed by atoms with Crippen LogP contribution in [-0.4, -0.2) is 17.2 Å². The third-order valence-corrected chi connectivity index (χ3v) is 18.9. The van der Waals surface area contributed by atoms with E-state index in [1.54, 1.807) is 12.1 Å². The van der Waals surface area contributed by atoms with E-state index in [4.69, 9.17) is 0 Å². The van der Waals surface area contributed by atoms with Gasteiger partial charge in [-0.2, -0.15) is 0 Å². The van der Waals surface area contributed by atoms with Crippen LogP contribution in [0.15, 0.2) is 256 Å². The van der Waals surface area contributed by atoms with E-state index in [0.717, 1.165) is 34.1 Å². The highest BCUT2D eigenvalue weighted by Gasteiger charge is 2.44. The van der Waals surface area contributed by atoms with Crippen LogP contribution in [0.5, 0.6) is 0 Å². The van der Waals surface area contributed by atoms with Crippen LogP contribution in [0.4, 0.5) is 34.1 Å². The number of anilines is 6. The third-order valence-electron chi connectivity index (χ3n) is 17.4. The monoisotopic (exact) mass is 1320 g/mol. The van der Waals surface area contributed by atoms with Crippen molar-refractivity contribution in [3.63, 3.8) is 0 Å². The first-order valence-corrected chi connectivity index (χ1v) is 33.3. The lowest BCUT2D eigenvalue weighted by atomic mass is 9.70. The molecule has 2 aliphatic rings. The molecule has 0 aliphatic heterocycles. The number of hydrogen-bond acceptors (Lipinski definition) is 4. The Hall–Kier alpha value is -6.78. The molecule has 10 aromatic carbocycles. The first-order chi connectivity index (χ1) is 42.0. The number of benzene rings is 10. The fraction of sp³-hybridized carbons (Fsp3) is 0.231. The minimum Gasteiger partial charge on any atom is -0.423 e. The summed E-state index contributed by atoms with van der Waals surface area (Å²) in [6.07, 6.45) is 14.9. The zero-order valence-corrected chi connectivity index (χ0v) is 54.8. The van der Waals surface area contributed by atoms with E-state index in [0.29, 0.717) is 5.46 Å². The summed E-state index contributed by atoms with van der Waals surface area (Å²) in [4.78, 5) is 4.44. The van der Waals surface area contributed by atoms with Crippen molar-refractivity contribution in [1.82, 2.24) is 0 Å². The Morgan fingerprint density at radius 2 is 0.581 bits per heavy atom. The molecular weight excluding hydrogens is 1250 g/mol. The zero-order valence-electron chi connectivity index (χ0n) is 50.1. The SMILES string of the molecule is CCCCC1(CCCC)c2cc(Br)ccc2-c2ccc(-c3ccc(N(c4ccccc4)c4ccccc4)cc3)cc21.CCCCC1(CCCC)c2cc(Br)ccc2-c2ccc(Br)cc21.OB(O)c1ccc(N(c2ccccc2)c2ccccc2)cc1. The normalized spacial score (nSPS) is 12.8. The molecule has 436 valence electrons. The number of hydrogen-bond donors (Lipinski definition) is 2. The number of para-hydroxylation sites is 4. The molecule has 0 saturated heterocycles. The van der Waals surface area contributed by atoms with Crippen molar-refractivity contribution < 1.29 is 10.0 Å². The molecule has 10 aromatic rings. The molecule has 0 bridgehead atoms. The predicted octanol–water partition coefficient (Wildman–Crippen LogP) is 22.9. The molecule has 2 aliphatic carbocycles. The highest BCUT2D eigenvalue weighted by molar-refractivity contribution is 9.11. The van der Waals surface area contributed by atoms with Gasteiger partial charge in [0.1, 0.15) is 0 Å². The molecule has 0 fully saturated rings. The maximum atomic E-state index is 9.23. The van der Waals surface area contributed by atoms with Crippen molar-refractivity contribution in [1.29, 1.82) is 0 Å². The number of halogens is 3. The Kier molecular flexibility index (Phi) is 21.2. The number of unbranched alkanes of at least 4 members (excludes halogenated alkanes) is 4. The van der Waals surface area contributed by atoms with Crippen molar-refractivity contribution in [3.05, 3.63) is 278 Å². The summed E-state index contributed by atoms with van der Waals surface area (Å²) in [5, 5.41) is 18.5. The summed E-state index contributed by atoms with van der Waals surface area (Å²) in [6, 6.07) is 85.5. The van der Waals surface area contributed by atoms with Gasteiger partial charge >= 0.3 is 7.12 Å². The lowest BCUT2D eigenvalue weighted by Crippen LogP contribution is -2.29. The van der Waals surface area contributed by atoms with Crippen LogP contribution in [0.3, 0.4) is 0 Å². The van der Waals surface area contributed by atoms with Gasteiger partial charge < -0.3 is 19.8 Å². The van der Waals surface area contributed by atoms with E-state index < -0.39 is 7.12 Å². The summed E-state index contributed by atoms with van der Waals surface area (Å²) >= 11 is 11.2. The van der Waals surface area contributed by atoms with Gasteiger partial charge in [-0.05, 0) is 202 Å². The smallest absolute Gasteiger partial charge is 0.423 e. The van der Waals surface area contributed by atoms with Crippen LogP contribution in [-0.2, 0) is 10.8 Å². The second-order valence-corrected chi connectivity index (χ2v) is 25.7. The summed E-state index contributed by atoms with van der Waals surface area (Å²) in [6.45, 7) is 9.23. The van der Waals surface area contributed by atoms with Crippen molar-refractivity contribution >= 4 is 94.5 Å². The summed E-state index contributed by atoms with van der Waals surface area (Å²) in [5.74, 6) is 0. The van der Waals surface area contributed by atoms with Crippen LogP contribution < -0.4 is 15.3 Å². The Bertz CT molecular complexity index is 3640. The lowest BCUT2D eigenvalue weighted by molar-refractivity contribution is 0.414. The topological polar surface area (TPSA) is 46.9 Å². The van der Waals surface area contributed by atoms with Gasteiger partial charge in [-0.15, -0.1) is 0 Å². The minimum absolute atomic E-state index is 0.0772. The molecule has 2 N–H and O–H groups in total. The molecular formula is C78H78BBr3N2O2. The summed E-state index contributed by atoms with van der Waals surface area (Å²) in [7, 11) is -1.45. The van der Waals surface area contributed by atoms with Crippen LogP contribution in [0, 0.1) is 0 Å². The molecule has 0 atom stereocenters. The van der Waals surface area contributed by atoms with Crippen LogP contribution in [0.25, 0.3) is 33.4 Å². The Morgan fingerprint density at radius 1 is 0.314 bits per heavy atom. The average Bonchev–Trinajstić information content (AvgIpc) is 1.87. The Labute approximate surface area is 537 Å². The quantitative estimate of drug-likeness (QED) is 0.0747. The Balaban J connectivity index is 0.000000155. The second-order valence-electron chi connectivity index (χ2n) is 22.9. The number of rotatable bonds is 20. The average molecular weight is 1330 g/mol. The predicted molar refractivity (Wildman–Crippen MR) is 378 cm³/mol. The molecule has 0 unspecified atom stereocenters. The Morgan fingerprint density at radius 3 is 0.884 bits per heavy atom. The molecule has 0 saturated carbocycles. The van der Waals surface area contributed by atoms with Gasteiger partial charge in [-0.1, -0.05) is 254 Å². The summed E-state index contributed by atoms with van der Waals surface area (Å²) < 4.78 is 3.57. The molecule has 0 amide bonds. The van der Waals surface area contributed by atoms with Gasteiger partial charge in [0.25, 0.3) is 0 Å². The zero-order chi connectivity index (χ0) is 60.0. The largest absolute Gasteiger partial charge is 0.488 e. The molecule has 4 nitrogen and oxygen atoms in total. The van der Waals surface area contributed by atoms with Crippen LogP contribution in [0.2, 0.25) is 0 Å². The first-order valence-electron chi connectivity index (χ1n) is 30.9. The highest BCUT2D eigenvalue weighted by Crippen LogP contribution is 2.57. The summed E-state index contributed by atoms with van der Waals surface area (Å²) in [5.41, 5.74) is 21.6. The van der Waals surface area contributed by atoms with E-state index in [9.17, 15) is 10.0 Å². The molecule has 0 heterocycles. The van der Waals surface area contributed by atoms with Crippen molar-refractivity contribution in [2.45, 2.75) is 116 Å². The number of fused-ring (bicyclic) bond motifs is 6. The molecule has 12 rings (SSSR count). The van der Waals surface area contributed by atoms with Gasteiger partial charge in [0.15, 0.2) is 0 Å². The van der Waals surface area contributed by atoms with Gasteiger partial charge in [0.05, 0.1) is 0 Å². The van der Waals surface area contributed by atoms with Crippen molar-refractivity contribution in [3.8, 4) is 33.4 Å². The van der Waals surface area contributed by atoms with E-state index >= 15 is 0 Å². The fourth-order valence-electron chi connectivity index (χ4n) is 13.1. The van der Waals surface area contributed by atoms with Gasteiger partial charge in [0.2, 0.25) is 0 Å². The molecule has 0 radical (unpaired) electrons. The highest BCUT2D eigenvalue weighted by atomic mass is 79.9. The van der Waals surface area contributed by atoms with Gasteiger partial charge in [-0.25, -0.2) is 0 Å². The van der Waals surface area contributed by atoms with E-state index in [2.05, 4.69) is 243 Å². The first kappa shape index (κ1) is 62.3. The molecule has 0 aromatic heterocycles. The van der Waals surface area contributed by atoms with Gasteiger partial charge in [-0.3, -0.25) is 0 Å². The van der Waals surface area contributed by atoms with Crippen LogP contribution >= 0.6 is 47.8 Å². The van der Waals surface area contributed by atoms with E-state index in [1.165, 1.54) is 146 Å². The van der Waals surface area contributed by atoms with Crippen molar-refractivity contribution in [2.75, 3.05) is 9.80 Å². The van der Waals surface area contributed by atoms with Gasteiger partial charge in [0, 0.05) is 58.4 Å². The number of nitrogens with zero attached hydrogens (tertiary/aromatic N) is 2. The van der Waals surface area contributed by atoms with E-state index in [-0.39, 0.29) is 10.8 Å². The van der Waals surface area contributed by atoms with E-state index in [1.807, 2.05) is 72.8 Å². The minimum atomic E-state index is -1.45. The molecule has 86 heavy (non-hydrogen) atoms. The fourth-order valence-corrected chi connectivity index (χ4v) is 14.2. The second kappa shape index (κ2) is 29.3. The van der Waals surface area contributed by atoms with Crippen LogP contribution in [0.1, 0.15) is 127 Å². The molecule has 0 spiro atoms. The maximum absolute atomic E-state index is 9.23. The maximum Gasteiger partial charge on any atom is 0.488 e. The lowest BCUT2D eigenvalue weighted by Gasteiger charge is -2.33. The molecule has 8 heteroatoms. The standard InChI is InChI=1S/C39H38BrN.C21H24Br2.C18H16BNO2/c1-3-5-25-39(26-6-4-2)37-27-30(19-23-35(37)36-24-20-31(40)28-38(36)39)29-17-21-34(22-18-29)41(32-13-9-7-10-14-32)33-15-11-8-12-16-33;1-3-5-11-21(12-6-4-2)19-13-15(22)7-9-17(19)18-10-8-16(23)14-20(18)21;21-19(22)15-11-13-18(14-12-15)20(16-7-3-1-4-8-16)17-9-5-2-6-10-17/h7-24,27-28H,3-6,25-26H2,1-2H3;7-10,13-14H,3-6,11-12H2,1-2H3;1-14,21-22H. The van der Waals surface area contributed by atoms with Crippen molar-refractivity contribution in [2.24, 2.45) is 0 Å². The third kappa shape index (κ3) is 13.7.